The molecule has 2 unspecified atom stereocenters. The second-order valence-electron chi connectivity index (χ2n) is 8.22. The molecule has 3 fully saturated rings. The molecule has 2 N–H and O–H groups in total. The smallest absolute Gasteiger partial charge is 0.237 e. The van der Waals surface area contributed by atoms with Crippen LogP contribution in [0.1, 0.15) is 50.0 Å². The van der Waals surface area contributed by atoms with Crippen LogP contribution in [0.2, 0.25) is 0 Å². The number of nitrogens with two attached hydrogens (primary N) is 1. The Labute approximate surface area is 151 Å². The highest BCUT2D eigenvalue weighted by atomic mass is 16.2. The van der Waals surface area contributed by atoms with Gasteiger partial charge >= 0.3 is 0 Å². The van der Waals surface area contributed by atoms with Gasteiger partial charge in [-0.05, 0) is 37.2 Å². The van der Waals surface area contributed by atoms with Crippen molar-refractivity contribution >= 4 is 5.91 Å². The quantitative estimate of drug-likeness (QED) is 0.919. The van der Waals surface area contributed by atoms with Crippen LogP contribution in [0.5, 0.6) is 0 Å². The summed E-state index contributed by atoms with van der Waals surface area (Å²) in [6.07, 6.45) is 7.67. The van der Waals surface area contributed by atoms with E-state index in [4.69, 9.17) is 5.73 Å². The van der Waals surface area contributed by atoms with Crippen molar-refractivity contribution in [2.24, 2.45) is 11.7 Å². The van der Waals surface area contributed by atoms with Gasteiger partial charge in [-0.25, -0.2) is 0 Å². The molecule has 0 radical (unpaired) electrons. The molecule has 1 aliphatic carbocycles. The molecule has 0 aromatic heterocycles. The van der Waals surface area contributed by atoms with Crippen molar-refractivity contribution in [3.05, 3.63) is 35.9 Å². The molecular weight excluding hydrogens is 310 g/mol. The Morgan fingerprint density at radius 2 is 1.80 bits per heavy atom. The lowest BCUT2D eigenvalue weighted by atomic mass is 9.78. The van der Waals surface area contributed by atoms with E-state index in [-0.39, 0.29) is 6.04 Å². The predicted molar refractivity (Wildman–Crippen MR) is 100 cm³/mol. The summed E-state index contributed by atoms with van der Waals surface area (Å²) in [4.78, 5) is 17.5. The molecule has 2 saturated heterocycles. The van der Waals surface area contributed by atoms with Crippen LogP contribution in [0, 0.1) is 5.92 Å². The van der Waals surface area contributed by atoms with Crippen LogP contribution in [0.25, 0.3) is 0 Å². The summed E-state index contributed by atoms with van der Waals surface area (Å²) in [5.41, 5.74) is 7.70. The maximum atomic E-state index is 13.0. The van der Waals surface area contributed by atoms with Gasteiger partial charge in [0.05, 0.1) is 6.54 Å². The first kappa shape index (κ1) is 17.0. The number of nitrogens with zero attached hydrogens (tertiary/aromatic N) is 2. The van der Waals surface area contributed by atoms with Crippen LogP contribution in [0.15, 0.2) is 30.3 Å². The van der Waals surface area contributed by atoms with Gasteiger partial charge in [0.25, 0.3) is 0 Å². The van der Waals surface area contributed by atoms with Gasteiger partial charge in [0, 0.05) is 37.6 Å². The Morgan fingerprint density at radius 1 is 1.04 bits per heavy atom. The molecule has 4 atom stereocenters. The van der Waals surface area contributed by atoms with E-state index in [0.717, 1.165) is 25.6 Å². The van der Waals surface area contributed by atoms with Gasteiger partial charge in [-0.1, -0.05) is 43.2 Å². The predicted octanol–water partition coefficient (Wildman–Crippen LogP) is 2.59. The first-order chi connectivity index (χ1) is 12.2. The molecule has 136 valence electrons. The minimum absolute atomic E-state index is 0.124. The Balaban J connectivity index is 1.38. The molecule has 3 aliphatic rings. The summed E-state index contributed by atoms with van der Waals surface area (Å²) >= 11 is 0. The minimum atomic E-state index is 0.124. The first-order valence-electron chi connectivity index (χ1n) is 10.0. The van der Waals surface area contributed by atoms with Crippen molar-refractivity contribution in [2.75, 3.05) is 26.2 Å². The van der Waals surface area contributed by atoms with Crippen LogP contribution < -0.4 is 5.73 Å². The summed E-state index contributed by atoms with van der Waals surface area (Å²) in [7, 11) is 0. The van der Waals surface area contributed by atoms with Gasteiger partial charge in [-0.2, -0.15) is 0 Å². The largest absolute Gasteiger partial charge is 0.338 e. The van der Waals surface area contributed by atoms with E-state index >= 15 is 0 Å². The number of rotatable bonds is 3. The fourth-order valence-electron chi connectivity index (χ4n) is 5.31. The van der Waals surface area contributed by atoms with E-state index in [1.807, 2.05) is 6.07 Å². The van der Waals surface area contributed by atoms with Crippen molar-refractivity contribution in [1.29, 1.82) is 0 Å². The van der Waals surface area contributed by atoms with Gasteiger partial charge in [0.1, 0.15) is 0 Å². The fourth-order valence-corrected chi connectivity index (χ4v) is 5.31. The van der Waals surface area contributed by atoms with Gasteiger partial charge in [0.2, 0.25) is 5.91 Å². The normalized spacial score (nSPS) is 33.2. The van der Waals surface area contributed by atoms with Crippen molar-refractivity contribution in [1.82, 2.24) is 9.80 Å². The molecule has 4 heteroatoms. The van der Waals surface area contributed by atoms with E-state index in [2.05, 4.69) is 34.1 Å². The van der Waals surface area contributed by atoms with E-state index in [1.165, 1.54) is 44.1 Å². The Kier molecular flexibility index (Phi) is 5.09. The summed E-state index contributed by atoms with van der Waals surface area (Å²) in [5, 5.41) is 0. The van der Waals surface area contributed by atoms with Crippen LogP contribution in [-0.2, 0) is 4.79 Å². The van der Waals surface area contributed by atoms with E-state index < -0.39 is 0 Å². The monoisotopic (exact) mass is 341 g/mol. The van der Waals surface area contributed by atoms with Crippen molar-refractivity contribution in [2.45, 2.75) is 56.5 Å². The standard InChI is InChI=1S/C21H31N3O/c22-19-14-23(13-18(19)16-7-2-1-3-8-16)15-21(25)24-12-6-10-17-9-4-5-11-20(17)24/h1-3,7-8,17-20H,4-6,9-15,22H2/t17?,18-,19+,20?/m0/s1. The lowest BCUT2D eigenvalue weighted by Gasteiger charge is -2.44. The molecule has 4 rings (SSSR count). The molecule has 0 bridgehead atoms. The topological polar surface area (TPSA) is 49.6 Å². The van der Waals surface area contributed by atoms with E-state index in [9.17, 15) is 4.79 Å². The molecule has 2 aliphatic heterocycles. The highest BCUT2D eigenvalue weighted by molar-refractivity contribution is 5.79. The number of hydrogen-bond acceptors (Lipinski definition) is 3. The second-order valence-corrected chi connectivity index (χ2v) is 8.22. The number of likely N-dealkylation sites (tertiary alicyclic amines) is 2. The summed E-state index contributed by atoms with van der Waals surface area (Å²) < 4.78 is 0. The average Bonchev–Trinajstić information content (AvgIpc) is 3.02. The minimum Gasteiger partial charge on any atom is -0.338 e. The Hall–Kier alpha value is -1.39. The number of carbonyl (C=O) groups excluding carboxylic acids is 1. The zero-order chi connectivity index (χ0) is 17.2. The molecule has 4 nitrogen and oxygen atoms in total. The lowest BCUT2D eigenvalue weighted by Crippen LogP contribution is -2.52. The van der Waals surface area contributed by atoms with Crippen LogP contribution in [0.4, 0.5) is 0 Å². The molecule has 1 saturated carbocycles. The van der Waals surface area contributed by atoms with Crippen LogP contribution >= 0.6 is 0 Å². The zero-order valence-corrected chi connectivity index (χ0v) is 15.1. The van der Waals surface area contributed by atoms with Gasteiger partial charge < -0.3 is 10.6 Å². The first-order valence-corrected chi connectivity index (χ1v) is 10.0. The van der Waals surface area contributed by atoms with Gasteiger partial charge in [-0.15, -0.1) is 0 Å². The molecular formula is C21H31N3O. The molecule has 1 aromatic rings. The van der Waals surface area contributed by atoms with E-state index in [1.54, 1.807) is 0 Å². The third-order valence-corrected chi connectivity index (χ3v) is 6.59. The summed E-state index contributed by atoms with van der Waals surface area (Å²) in [5.74, 6) is 1.43. The third-order valence-electron chi connectivity index (χ3n) is 6.59. The lowest BCUT2D eigenvalue weighted by molar-refractivity contribution is -0.138. The number of hydrogen-bond donors (Lipinski definition) is 1. The van der Waals surface area contributed by atoms with Gasteiger partial charge in [0.15, 0.2) is 0 Å². The van der Waals surface area contributed by atoms with Crippen molar-refractivity contribution in [3.63, 3.8) is 0 Å². The highest BCUT2D eigenvalue weighted by Crippen LogP contribution is 2.35. The van der Waals surface area contributed by atoms with Crippen molar-refractivity contribution < 1.29 is 4.79 Å². The number of carbonyl (C=O) groups is 1. The SMILES string of the molecule is N[C@@H]1CN(CC(=O)N2CCCC3CCCCC32)C[C@H]1c1ccccc1. The summed E-state index contributed by atoms with van der Waals surface area (Å²) in [6.45, 7) is 3.23. The van der Waals surface area contributed by atoms with Gasteiger partial charge in [-0.3, -0.25) is 9.69 Å². The number of amides is 1. The molecule has 2 heterocycles. The average molecular weight is 341 g/mol. The number of fused-ring (bicyclic) bond motifs is 1. The molecule has 0 spiro atoms. The highest BCUT2D eigenvalue weighted by Gasteiger charge is 2.38. The second kappa shape index (κ2) is 7.46. The fraction of sp³-hybridized carbons (Fsp3) is 0.667. The van der Waals surface area contributed by atoms with Crippen LogP contribution in [0.3, 0.4) is 0 Å². The van der Waals surface area contributed by atoms with Crippen LogP contribution in [-0.4, -0.2) is 54.0 Å². The summed E-state index contributed by atoms with van der Waals surface area (Å²) in [6, 6.07) is 11.2. The Morgan fingerprint density at radius 3 is 2.64 bits per heavy atom. The third kappa shape index (κ3) is 3.61. The maximum Gasteiger partial charge on any atom is 0.237 e. The molecule has 1 aromatic carbocycles. The van der Waals surface area contributed by atoms with Crippen molar-refractivity contribution in [3.8, 4) is 0 Å². The van der Waals surface area contributed by atoms with E-state index in [0.29, 0.717) is 24.4 Å². The zero-order valence-electron chi connectivity index (χ0n) is 15.1. The molecule has 25 heavy (non-hydrogen) atoms. The molecule has 1 amide bonds. The number of piperidine rings is 1. The Bertz CT molecular complexity index is 588. The maximum absolute atomic E-state index is 13.0. The number of benzene rings is 1.